The molecule has 0 amide bonds. The molecule has 0 aliphatic carbocycles. The van der Waals surface area contributed by atoms with Crippen molar-refractivity contribution >= 4 is 29.9 Å². The molecule has 1 heterocycles. The zero-order valence-corrected chi connectivity index (χ0v) is 19.9. The van der Waals surface area contributed by atoms with Crippen molar-refractivity contribution in [3.05, 3.63) is 46.8 Å². The van der Waals surface area contributed by atoms with Crippen LogP contribution in [0.3, 0.4) is 0 Å². The largest absolute Gasteiger partial charge is 0.416 e. The number of hydrogen-bond acceptors (Lipinski definition) is 4. The summed E-state index contributed by atoms with van der Waals surface area (Å²) in [6.07, 6.45) is -3.97. The van der Waals surface area contributed by atoms with Gasteiger partial charge in [0.1, 0.15) is 11.6 Å². The number of guanidine groups is 1. The van der Waals surface area contributed by atoms with Crippen molar-refractivity contribution in [2.75, 3.05) is 19.8 Å². The summed E-state index contributed by atoms with van der Waals surface area (Å²) in [5.41, 5.74) is -1.15. The molecule has 0 spiro atoms. The van der Waals surface area contributed by atoms with Gasteiger partial charge in [0.2, 0.25) is 0 Å². The molecular weight excluding hydrogens is 531 g/mol. The van der Waals surface area contributed by atoms with Crippen LogP contribution in [-0.4, -0.2) is 40.5 Å². The van der Waals surface area contributed by atoms with E-state index >= 15 is 0 Å². The number of rotatable bonds is 9. The zero-order chi connectivity index (χ0) is 22.1. The van der Waals surface area contributed by atoms with E-state index in [0.29, 0.717) is 44.0 Å². The van der Waals surface area contributed by atoms with Crippen molar-refractivity contribution in [2.45, 2.75) is 39.5 Å². The number of nitrogens with one attached hydrogen (secondary N) is 2. The van der Waals surface area contributed by atoms with Gasteiger partial charge in [-0.3, -0.25) is 0 Å². The molecule has 0 saturated carbocycles. The molecule has 0 saturated heterocycles. The first-order chi connectivity index (χ1) is 14.2. The van der Waals surface area contributed by atoms with E-state index in [9.17, 15) is 17.6 Å². The summed E-state index contributed by atoms with van der Waals surface area (Å²) in [6, 6.07) is 2.57. The molecule has 7 nitrogen and oxygen atoms in total. The van der Waals surface area contributed by atoms with E-state index in [-0.39, 0.29) is 42.6 Å². The first-order valence-electron chi connectivity index (χ1n) is 9.52. The monoisotopic (exact) mass is 558 g/mol. The Morgan fingerprint density at radius 2 is 1.97 bits per heavy atom. The maximum absolute atomic E-state index is 13.3. The Morgan fingerprint density at radius 3 is 2.58 bits per heavy atom. The molecule has 2 aromatic rings. The second kappa shape index (κ2) is 12.8. The van der Waals surface area contributed by atoms with Crippen molar-refractivity contribution in [1.82, 2.24) is 25.4 Å². The van der Waals surface area contributed by atoms with Crippen LogP contribution < -0.4 is 10.6 Å². The van der Waals surface area contributed by atoms with Crippen molar-refractivity contribution < 1.29 is 22.3 Å². The standard InChI is InChI=1S/C19H26F4N6O.HI/c1-4-30-9-5-8-24-18(26-12-17-28-27-13(2)29(17)3)25-11-14-6-7-15(20)10-16(14)19(21,22)23;/h6-7,10H,4-5,8-9,11-12H2,1-3H3,(H2,24,25,26);1H. The van der Waals surface area contributed by atoms with Gasteiger partial charge in [-0.2, -0.15) is 13.2 Å². The maximum Gasteiger partial charge on any atom is 0.416 e. The van der Waals surface area contributed by atoms with Crippen LogP contribution in [0.4, 0.5) is 17.6 Å². The van der Waals surface area contributed by atoms with E-state index in [0.717, 1.165) is 18.0 Å². The zero-order valence-electron chi connectivity index (χ0n) is 17.6. The van der Waals surface area contributed by atoms with Crippen LogP contribution in [0, 0.1) is 12.7 Å². The maximum atomic E-state index is 13.3. The number of hydrogen-bond donors (Lipinski definition) is 2. The SMILES string of the molecule is CCOCCCNC(=NCc1ccc(F)cc1C(F)(F)F)NCc1nnc(C)n1C.I. The van der Waals surface area contributed by atoms with Gasteiger partial charge in [-0.15, -0.1) is 34.2 Å². The van der Waals surface area contributed by atoms with Crippen LogP contribution in [0.5, 0.6) is 0 Å². The number of nitrogens with zero attached hydrogens (tertiary/aromatic N) is 4. The summed E-state index contributed by atoms with van der Waals surface area (Å²) >= 11 is 0. The van der Waals surface area contributed by atoms with Gasteiger partial charge < -0.3 is 19.9 Å². The minimum atomic E-state index is -4.67. The molecule has 2 rings (SSSR count). The van der Waals surface area contributed by atoms with Crippen molar-refractivity contribution in [1.29, 1.82) is 0 Å². The molecule has 0 fully saturated rings. The molecule has 0 atom stereocenters. The predicted molar refractivity (Wildman–Crippen MR) is 120 cm³/mol. The van der Waals surface area contributed by atoms with Crippen LogP contribution in [0.2, 0.25) is 0 Å². The van der Waals surface area contributed by atoms with Crippen molar-refractivity contribution in [3.63, 3.8) is 0 Å². The Bertz CT molecular complexity index is 856. The summed E-state index contributed by atoms with van der Waals surface area (Å²) in [4.78, 5) is 4.24. The third kappa shape index (κ3) is 8.59. The lowest BCUT2D eigenvalue weighted by atomic mass is 10.1. The molecule has 1 aromatic heterocycles. The second-order valence-corrected chi connectivity index (χ2v) is 6.52. The fourth-order valence-electron chi connectivity index (χ4n) is 2.58. The molecule has 0 aliphatic rings. The van der Waals surface area contributed by atoms with Crippen LogP contribution in [0.1, 0.15) is 36.1 Å². The lowest BCUT2D eigenvalue weighted by Crippen LogP contribution is -2.38. The first-order valence-corrected chi connectivity index (χ1v) is 9.52. The second-order valence-electron chi connectivity index (χ2n) is 6.52. The smallest absolute Gasteiger partial charge is 0.382 e. The highest BCUT2D eigenvalue weighted by Crippen LogP contribution is 2.32. The highest BCUT2D eigenvalue weighted by Gasteiger charge is 2.33. The third-order valence-corrected chi connectivity index (χ3v) is 4.34. The molecule has 0 radical (unpaired) electrons. The average molecular weight is 558 g/mol. The normalized spacial score (nSPS) is 11.9. The topological polar surface area (TPSA) is 76.4 Å². The minimum absolute atomic E-state index is 0. The van der Waals surface area contributed by atoms with Crippen molar-refractivity contribution in [2.24, 2.45) is 12.0 Å². The molecule has 174 valence electrons. The quantitative estimate of drug-likeness (QED) is 0.162. The molecule has 1 aromatic carbocycles. The molecule has 0 aliphatic heterocycles. The number of aromatic nitrogens is 3. The molecule has 31 heavy (non-hydrogen) atoms. The predicted octanol–water partition coefficient (Wildman–Crippen LogP) is 3.56. The third-order valence-electron chi connectivity index (χ3n) is 4.34. The number of benzene rings is 1. The summed E-state index contributed by atoms with van der Waals surface area (Å²) in [5.74, 6) is 0.745. The van der Waals surface area contributed by atoms with Gasteiger partial charge in [-0.05, 0) is 38.0 Å². The Balaban J connectivity index is 0.00000480. The molecule has 0 bridgehead atoms. The first kappa shape index (κ1) is 27.1. The Labute approximate surface area is 195 Å². The fraction of sp³-hybridized carbons (Fsp3) is 0.526. The Kier molecular flexibility index (Phi) is 11.2. The van der Waals surface area contributed by atoms with Crippen LogP contribution in [0.25, 0.3) is 0 Å². The van der Waals surface area contributed by atoms with Gasteiger partial charge in [-0.25, -0.2) is 9.38 Å². The highest BCUT2D eigenvalue weighted by atomic mass is 127. The van der Waals surface area contributed by atoms with Gasteiger partial charge in [0, 0.05) is 26.8 Å². The summed E-state index contributed by atoms with van der Waals surface area (Å²) in [7, 11) is 1.81. The van der Waals surface area contributed by atoms with Crippen LogP contribution in [-0.2, 0) is 31.1 Å². The van der Waals surface area contributed by atoms with E-state index in [1.54, 1.807) is 4.57 Å². The average Bonchev–Trinajstić information content (AvgIpc) is 3.01. The van der Waals surface area contributed by atoms with E-state index in [4.69, 9.17) is 4.74 Å². The van der Waals surface area contributed by atoms with Gasteiger partial charge in [0.05, 0.1) is 18.7 Å². The van der Waals surface area contributed by atoms with E-state index in [1.807, 2.05) is 20.9 Å². The molecule has 12 heteroatoms. The number of alkyl halides is 3. The van der Waals surface area contributed by atoms with Gasteiger partial charge >= 0.3 is 6.18 Å². The van der Waals surface area contributed by atoms with Crippen LogP contribution in [0.15, 0.2) is 23.2 Å². The Hall–Kier alpha value is -1.96. The van der Waals surface area contributed by atoms with E-state index < -0.39 is 17.6 Å². The van der Waals surface area contributed by atoms with Gasteiger partial charge in [-0.1, -0.05) is 6.07 Å². The summed E-state index contributed by atoms with van der Waals surface area (Å²) in [5, 5.41) is 14.1. The minimum Gasteiger partial charge on any atom is -0.382 e. The number of aryl methyl sites for hydroxylation is 1. The van der Waals surface area contributed by atoms with E-state index in [1.165, 1.54) is 0 Å². The number of ether oxygens (including phenoxy) is 1. The molecule has 2 N–H and O–H groups in total. The van der Waals surface area contributed by atoms with Crippen LogP contribution >= 0.6 is 24.0 Å². The summed E-state index contributed by atoms with van der Waals surface area (Å²) in [6.45, 7) is 5.39. The highest BCUT2D eigenvalue weighted by molar-refractivity contribution is 14.0. The van der Waals surface area contributed by atoms with E-state index in [2.05, 4.69) is 25.8 Å². The lowest BCUT2D eigenvalue weighted by molar-refractivity contribution is -0.138. The number of halogens is 5. The summed E-state index contributed by atoms with van der Waals surface area (Å²) < 4.78 is 60.0. The van der Waals surface area contributed by atoms with Crippen molar-refractivity contribution in [3.8, 4) is 0 Å². The van der Waals surface area contributed by atoms with Gasteiger partial charge in [0.15, 0.2) is 11.8 Å². The molecular formula is C19H27F4IN6O. The fourth-order valence-corrected chi connectivity index (χ4v) is 2.58. The molecule has 0 unspecified atom stereocenters. The van der Waals surface area contributed by atoms with Gasteiger partial charge in [0.25, 0.3) is 0 Å². The number of aliphatic imine (C=N–C) groups is 1. The Morgan fingerprint density at radius 1 is 1.23 bits per heavy atom. The lowest BCUT2D eigenvalue weighted by Gasteiger charge is -2.14.